The fourth-order valence-electron chi connectivity index (χ4n) is 5.36. The molecule has 0 spiro atoms. The molecule has 0 bridgehead atoms. The van der Waals surface area contributed by atoms with Crippen molar-refractivity contribution in [1.29, 1.82) is 0 Å². The van der Waals surface area contributed by atoms with Gasteiger partial charge in [0.05, 0.1) is 0 Å². The molecule has 3 nitrogen and oxygen atoms in total. The van der Waals surface area contributed by atoms with Crippen LogP contribution >= 0.6 is 0 Å². The Kier molecular flexibility index (Phi) is 13.1. The maximum atomic E-state index is 14.1. The number of hydrogen-bond acceptors (Lipinski definition) is 3. The Hall–Kier alpha value is -6.00. The van der Waals surface area contributed by atoms with E-state index in [0.29, 0.717) is 10.5 Å². The Balaban J connectivity index is 0.000000325. The Morgan fingerprint density at radius 2 is 0.982 bits per heavy atom. The van der Waals surface area contributed by atoms with Gasteiger partial charge in [-0.25, -0.2) is 22.0 Å². The van der Waals surface area contributed by atoms with E-state index in [4.69, 9.17) is 0 Å². The molecule has 0 aromatic heterocycles. The van der Waals surface area contributed by atoms with Crippen LogP contribution in [-0.2, 0) is 27.2 Å². The van der Waals surface area contributed by atoms with E-state index in [9.17, 15) is 43.9 Å². The molecule has 0 fully saturated rings. The summed E-state index contributed by atoms with van der Waals surface area (Å²) in [5.41, 5.74) is 1.98. The number of rotatable bonds is 10. The fraction of sp³-hybridized carbons (Fsp3) is 0.0714. The predicted octanol–water partition coefficient (Wildman–Crippen LogP) is 10.1. The molecule has 6 rings (SSSR count). The quantitative estimate of drug-likeness (QED) is 0.0265. The van der Waals surface area contributed by atoms with Gasteiger partial charge in [0.15, 0.2) is 33.4 Å². The van der Waals surface area contributed by atoms with Gasteiger partial charge in [0.25, 0.3) is 0 Å². The van der Waals surface area contributed by atoms with Crippen molar-refractivity contribution in [3.05, 3.63) is 197 Å². The average molecular weight is 776 g/mol. The predicted molar refractivity (Wildman–Crippen MR) is 199 cm³/mol. The van der Waals surface area contributed by atoms with Crippen LogP contribution in [0.4, 0.5) is 40.6 Å². The normalized spacial score (nSPS) is 12.0. The highest BCUT2D eigenvalue weighted by Gasteiger charge is 2.38. The van der Waals surface area contributed by atoms with E-state index in [1.54, 1.807) is 12.1 Å². The summed E-state index contributed by atoms with van der Waals surface area (Å²) in [5.74, 6) is -10.9. The summed E-state index contributed by atoms with van der Waals surface area (Å²) in [6.45, 7) is -4.83. The summed E-state index contributed by atoms with van der Waals surface area (Å²) in [6.07, 6.45) is 0. The van der Waals surface area contributed by atoms with Crippen molar-refractivity contribution >= 4 is 33.8 Å². The number of halogens is 8. The van der Waals surface area contributed by atoms with Gasteiger partial charge in [-0.1, -0.05) is 101 Å². The molecule has 0 aliphatic heterocycles. The first-order valence-electron chi connectivity index (χ1n) is 16.6. The Labute approximate surface area is 313 Å². The second-order valence-corrected chi connectivity index (χ2v) is 14.4. The zero-order valence-corrected chi connectivity index (χ0v) is 29.6. The standard InChI is InChI=1S/C36H30NO2S.C6BF8/c38-36(29-40(39,35-19-11-4-12-20-35)26-25-30-13-5-1-6-14-30)33-21-23-34(24-22-33)37(27-31-15-7-2-8-16-31)28-32-17-9-3-10-18-32;8-2-1(7(13,14)15)3(9)5(11)6(12)4(2)10/h1-24H,27-29H2;/q+1;-1. The third-order valence-corrected chi connectivity index (χ3v) is 10.3. The van der Waals surface area contributed by atoms with Crippen LogP contribution < -0.4 is 10.4 Å². The Bertz CT molecular complexity index is 2260. The first-order chi connectivity index (χ1) is 26.3. The number of hydrogen-bond donors (Lipinski definition) is 0. The lowest BCUT2D eigenvalue weighted by Crippen LogP contribution is -2.41. The lowest BCUT2D eigenvalue weighted by molar-refractivity contribution is 0.102. The van der Waals surface area contributed by atoms with Crippen LogP contribution in [0, 0.1) is 40.3 Å². The van der Waals surface area contributed by atoms with Crippen LogP contribution in [0.1, 0.15) is 27.0 Å². The van der Waals surface area contributed by atoms with Crippen molar-refractivity contribution in [2.75, 3.05) is 10.7 Å². The van der Waals surface area contributed by atoms with E-state index in [1.807, 2.05) is 109 Å². The van der Waals surface area contributed by atoms with E-state index in [-0.39, 0.29) is 11.5 Å². The van der Waals surface area contributed by atoms with Gasteiger partial charge >= 0.3 is 6.98 Å². The highest BCUT2D eigenvalue weighted by atomic mass is 32.2. The first kappa shape index (κ1) is 40.2. The summed E-state index contributed by atoms with van der Waals surface area (Å²) in [4.78, 5) is 16.3. The van der Waals surface area contributed by atoms with Crippen LogP contribution in [-0.4, -0.2) is 18.5 Å². The van der Waals surface area contributed by atoms with Gasteiger partial charge in [-0.15, -0.1) is 0 Å². The highest BCUT2D eigenvalue weighted by Crippen LogP contribution is 2.25. The van der Waals surface area contributed by atoms with Crippen molar-refractivity contribution < 1.29 is 43.9 Å². The second kappa shape index (κ2) is 17.9. The van der Waals surface area contributed by atoms with Gasteiger partial charge in [-0.2, -0.15) is 0 Å². The number of ketones is 1. The zero-order chi connectivity index (χ0) is 39.6. The third kappa shape index (κ3) is 10.4. The number of carbonyl (C=O) groups is 1. The number of nitrogens with zero attached hydrogens (tertiary/aromatic N) is 1. The molecule has 0 amide bonds. The molecule has 0 aliphatic carbocycles. The largest absolute Gasteiger partial charge is 0.515 e. The molecule has 0 radical (unpaired) electrons. The van der Waals surface area contributed by atoms with E-state index in [0.717, 1.165) is 24.3 Å². The van der Waals surface area contributed by atoms with Crippen LogP contribution in [0.3, 0.4) is 0 Å². The molecule has 6 aromatic carbocycles. The van der Waals surface area contributed by atoms with Crippen LogP contribution in [0.2, 0.25) is 0 Å². The van der Waals surface area contributed by atoms with E-state index >= 15 is 0 Å². The Morgan fingerprint density at radius 3 is 1.44 bits per heavy atom. The monoisotopic (exact) mass is 775 g/mol. The summed E-state index contributed by atoms with van der Waals surface area (Å²) in [6, 6.07) is 46.8. The Morgan fingerprint density at radius 1 is 0.564 bits per heavy atom. The van der Waals surface area contributed by atoms with Crippen molar-refractivity contribution in [2.45, 2.75) is 18.0 Å². The minimum Gasteiger partial charge on any atom is -0.445 e. The summed E-state index contributed by atoms with van der Waals surface area (Å²) >= 11 is 0. The highest BCUT2D eigenvalue weighted by molar-refractivity contribution is 8.07. The number of carbonyl (C=O) groups excluding carboxylic acids is 1. The summed E-state index contributed by atoms with van der Waals surface area (Å²) in [7, 11) is -2.94. The minimum atomic E-state index is -6.30. The zero-order valence-electron chi connectivity index (χ0n) is 28.8. The third-order valence-electron chi connectivity index (χ3n) is 8.15. The lowest BCUT2D eigenvalue weighted by Gasteiger charge is -2.25. The number of benzene rings is 6. The van der Waals surface area contributed by atoms with Crippen molar-refractivity contribution in [2.24, 2.45) is 0 Å². The minimum absolute atomic E-state index is 0.173. The van der Waals surface area contributed by atoms with E-state index in [2.05, 4.69) is 40.3 Å². The van der Waals surface area contributed by atoms with E-state index in [1.165, 1.54) is 11.1 Å². The molecule has 0 saturated heterocycles. The average Bonchev–Trinajstić information content (AvgIpc) is 3.20. The second-order valence-electron chi connectivity index (χ2n) is 12.1. The molecule has 1 unspecified atom stereocenters. The first-order valence-corrected chi connectivity index (χ1v) is 18.3. The van der Waals surface area contributed by atoms with Gasteiger partial charge in [0, 0.05) is 29.9 Å². The van der Waals surface area contributed by atoms with Crippen molar-refractivity contribution in [3.8, 4) is 11.2 Å². The van der Waals surface area contributed by atoms with Gasteiger partial charge < -0.3 is 17.8 Å². The molecule has 0 aliphatic rings. The molecule has 280 valence electrons. The molecule has 1 atom stereocenters. The molecule has 0 saturated carbocycles. The molecule has 55 heavy (non-hydrogen) atoms. The summed E-state index contributed by atoms with van der Waals surface area (Å²) < 4.78 is 112. The number of Topliss-reactive ketones (excluding diaryl/α,β-unsaturated/α-hetero) is 1. The number of anilines is 1. The maximum Gasteiger partial charge on any atom is 0.515 e. The molecule has 13 heteroatoms. The van der Waals surface area contributed by atoms with Gasteiger partial charge in [0.2, 0.25) is 15.7 Å². The maximum absolute atomic E-state index is 14.1. The molecular weight excluding hydrogens is 745 g/mol. The van der Waals surface area contributed by atoms with Crippen LogP contribution in [0.15, 0.2) is 150 Å². The molecule has 6 aromatic rings. The van der Waals surface area contributed by atoms with Crippen molar-refractivity contribution in [3.63, 3.8) is 0 Å². The topological polar surface area (TPSA) is 37.4 Å². The fourth-order valence-corrected chi connectivity index (χ4v) is 7.14. The lowest BCUT2D eigenvalue weighted by atomic mass is 9.79. The molecular formula is C42H30BF8NO2S. The van der Waals surface area contributed by atoms with E-state index < -0.39 is 51.5 Å². The van der Waals surface area contributed by atoms with Gasteiger partial charge in [-0.3, -0.25) is 4.79 Å². The van der Waals surface area contributed by atoms with Gasteiger partial charge in [0.1, 0.15) is 11.6 Å². The molecule has 0 N–H and O–H groups in total. The van der Waals surface area contributed by atoms with Crippen LogP contribution in [0.25, 0.3) is 0 Å². The molecule has 0 heterocycles. The smallest absolute Gasteiger partial charge is 0.445 e. The van der Waals surface area contributed by atoms with Crippen LogP contribution in [0.5, 0.6) is 0 Å². The van der Waals surface area contributed by atoms with Gasteiger partial charge in [-0.05, 0) is 71.0 Å². The summed E-state index contributed by atoms with van der Waals surface area (Å²) in [5, 5.41) is 2.96. The van der Waals surface area contributed by atoms with Crippen molar-refractivity contribution in [1.82, 2.24) is 0 Å². The SMILES string of the molecule is Fc1c(F)c(F)c([B-](F)(F)F)c(F)c1F.O=C(C[S+](=O)(C#Cc1ccccc1)c1ccccc1)c1ccc(N(Cc2ccccc2)Cc2ccccc2)cc1.